The SMILES string of the molecule is CCNC(=NCCc1csc(C)n1)N(C)Cc1ccc(SC)cc1. The van der Waals surface area contributed by atoms with E-state index in [1.165, 1.54) is 10.5 Å². The quantitative estimate of drug-likeness (QED) is 0.462. The van der Waals surface area contributed by atoms with Crippen LogP contribution in [-0.4, -0.2) is 42.2 Å². The van der Waals surface area contributed by atoms with Gasteiger partial charge >= 0.3 is 0 Å². The van der Waals surface area contributed by atoms with Gasteiger partial charge in [-0.2, -0.15) is 0 Å². The highest BCUT2D eigenvalue weighted by molar-refractivity contribution is 7.98. The monoisotopic (exact) mass is 362 g/mol. The van der Waals surface area contributed by atoms with Crippen molar-refractivity contribution in [3.05, 3.63) is 45.9 Å². The Morgan fingerprint density at radius 1 is 1.33 bits per heavy atom. The summed E-state index contributed by atoms with van der Waals surface area (Å²) in [5, 5.41) is 6.61. The molecule has 0 amide bonds. The summed E-state index contributed by atoms with van der Waals surface area (Å²) < 4.78 is 0. The van der Waals surface area contributed by atoms with Crippen LogP contribution >= 0.6 is 23.1 Å². The van der Waals surface area contributed by atoms with Crippen molar-refractivity contribution in [1.29, 1.82) is 0 Å². The molecule has 0 aliphatic heterocycles. The fraction of sp³-hybridized carbons (Fsp3) is 0.444. The Morgan fingerprint density at radius 2 is 2.08 bits per heavy atom. The Morgan fingerprint density at radius 3 is 2.67 bits per heavy atom. The zero-order valence-electron chi connectivity index (χ0n) is 14.9. The molecule has 130 valence electrons. The van der Waals surface area contributed by atoms with E-state index in [9.17, 15) is 0 Å². The third-order valence-electron chi connectivity index (χ3n) is 3.57. The molecule has 4 nitrogen and oxygen atoms in total. The minimum atomic E-state index is 0.751. The number of nitrogens with zero attached hydrogens (tertiary/aromatic N) is 3. The minimum absolute atomic E-state index is 0.751. The van der Waals surface area contributed by atoms with Crippen LogP contribution in [-0.2, 0) is 13.0 Å². The molecule has 0 radical (unpaired) electrons. The van der Waals surface area contributed by atoms with Crippen LogP contribution in [0.15, 0.2) is 39.5 Å². The molecule has 0 aliphatic carbocycles. The van der Waals surface area contributed by atoms with Gasteiger partial charge in [-0.15, -0.1) is 23.1 Å². The standard InChI is InChI=1S/C18H26N4S2/c1-5-19-18(20-11-10-16-13-24-14(2)21-16)22(3)12-15-6-8-17(23-4)9-7-15/h6-9,13H,5,10-12H2,1-4H3,(H,19,20). The van der Waals surface area contributed by atoms with Crippen molar-refractivity contribution >= 4 is 29.1 Å². The van der Waals surface area contributed by atoms with Gasteiger partial charge in [-0.25, -0.2) is 4.98 Å². The van der Waals surface area contributed by atoms with Gasteiger partial charge in [0.15, 0.2) is 5.96 Å². The molecule has 24 heavy (non-hydrogen) atoms. The molecule has 1 aromatic heterocycles. The minimum Gasteiger partial charge on any atom is -0.357 e. The van der Waals surface area contributed by atoms with Crippen LogP contribution in [0.25, 0.3) is 0 Å². The predicted octanol–water partition coefficient (Wildman–Crippen LogP) is 3.81. The highest BCUT2D eigenvalue weighted by Crippen LogP contribution is 2.15. The predicted molar refractivity (Wildman–Crippen MR) is 106 cm³/mol. The van der Waals surface area contributed by atoms with Crippen molar-refractivity contribution in [2.24, 2.45) is 4.99 Å². The third kappa shape index (κ3) is 5.83. The summed E-state index contributed by atoms with van der Waals surface area (Å²) in [5.41, 5.74) is 2.42. The van der Waals surface area contributed by atoms with E-state index < -0.39 is 0 Å². The van der Waals surface area contributed by atoms with E-state index in [2.05, 4.69) is 65.1 Å². The fourth-order valence-electron chi connectivity index (χ4n) is 2.35. The topological polar surface area (TPSA) is 40.5 Å². The number of guanidine groups is 1. The Hall–Kier alpha value is -1.53. The number of nitrogens with one attached hydrogen (secondary N) is 1. The Labute approximate surface area is 153 Å². The fourth-order valence-corrected chi connectivity index (χ4v) is 3.40. The molecule has 0 bridgehead atoms. The van der Waals surface area contributed by atoms with Crippen LogP contribution in [0.1, 0.15) is 23.2 Å². The van der Waals surface area contributed by atoms with Crippen LogP contribution in [0.4, 0.5) is 0 Å². The van der Waals surface area contributed by atoms with Crippen molar-refractivity contribution in [3.63, 3.8) is 0 Å². The van der Waals surface area contributed by atoms with Gasteiger partial charge in [0, 0.05) is 43.4 Å². The molecule has 1 heterocycles. The number of aliphatic imine (C=N–C) groups is 1. The highest BCUT2D eigenvalue weighted by Gasteiger charge is 2.07. The van der Waals surface area contributed by atoms with Crippen molar-refractivity contribution in [1.82, 2.24) is 15.2 Å². The maximum Gasteiger partial charge on any atom is 0.193 e. The first-order valence-electron chi connectivity index (χ1n) is 8.15. The molecule has 2 rings (SSSR count). The summed E-state index contributed by atoms with van der Waals surface area (Å²) >= 11 is 3.46. The molecule has 0 saturated carbocycles. The zero-order valence-corrected chi connectivity index (χ0v) is 16.5. The van der Waals surface area contributed by atoms with E-state index in [0.29, 0.717) is 0 Å². The largest absolute Gasteiger partial charge is 0.357 e. The summed E-state index contributed by atoms with van der Waals surface area (Å²) in [6, 6.07) is 8.71. The highest BCUT2D eigenvalue weighted by atomic mass is 32.2. The molecular formula is C18H26N4S2. The van der Waals surface area contributed by atoms with Gasteiger partial charge in [-0.1, -0.05) is 12.1 Å². The molecule has 6 heteroatoms. The summed E-state index contributed by atoms with van der Waals surface area (Å²) in [6.45, 7) is 6.60. The summed E-state index contributed by atoms with van der Waals surface area (Å²) in [6.07, 6.45) is 2.98. The molecule has 0 saturated heterocycles. The second-order valence-electron chi connectivity index (χ2n) is 5.55. The number of thiazole rings is 1. The lowest BCUT2D eigenvalue weighted by Gasteiger charge is -2.22. The lowest BCUT2D eigenvalue weighted by molar-refractivity contribution is 0.477. The molecular weight excluding hydrogens is 336 g/mol. The van der Waals surface area contributed by atoms with Crippen molar-refractivity contribution in [2.75, 3.05) is 26.4 Å². The van der Waals surface area contributed by atoms with Crippen molar-refractivity contribution in [2.45, 2.75) is 31.7 Å². The summed E-state index contributed by atoms with van der Waals surface area (Å²) in [4.78, 5) is 12.7. The van der Waals surface area contributed by atoms with E-state index in [4.69, 9.17) is 4.99 Å². The molecule has 1 aromatic carbocycles. The van der Waals surface area contributed by atoms with E-state index >= 15 is 0 Å². The normalized spacial score (nSPS) is 11.6. The average molecular weight is 363 g/mol. The third-order valence-corrected chi connectivity index (χ3v) is 5.14. The maximum atomic E-state index is 4.74. The number of thioether (sulfide) groups is 1. The average Bonchev–Trinajstić information content (AvgIpc) is 3.00. The van der Waals surface area contributed by atoms with Crippen LogP contribution in [0.5, 0.6) is 0 Å². The van der Waals surface area contributed by atoms with Gasteiger partial charge in [0.1, 0.15) is 0 Å². The second kappa shape index (κ2) is 9.69. The number of rotatable bonds is 7. The smallest absolute Gasteiger partial charge is 0.193 e. The lowest BCUT2D eigenvalue weighted by atomic mass is 10.2. The van der Waals surface area contributed by atoms with Gasteiger partial charge < -0.3 is 10.2 Å². The number of aromatic nitrogens is 1. The first-order chi connectivity index (χ1) is 11.6. The van der Waals surface area contributed by atoms with Gasteiger partial charge in [0.25, 0.3) is 0 Å². The number of aryl methyl sites for hydroxylation is 1. The first-order valence-corrected chi connectivity index (χ1v) is 10.3. The second-order valence-corrected chi connectivity index (χ2v) is 7.49. The van der Waals surface area contributed by atoms with Gasteiger partial charge in [0.2, 0.25) is 0 Å². The molecule has 0 unspecified atom stereocenters. The van der Waals surface area contributed by atoms with Crippen molar-refractivity contribution < 1.29 is 0 Å². The van der Waals surface area contributed by atoms with E-state index in [-0.39, 0.29) is 0 Å². The first kappa shape index (κ1) is 18.8. The number of hydrogen-bond donors (Lipinski definition) is 1. The zero-order chi connectivity index (χ0) is 17.4. The van der Waals surface area contributed by atoms with Gasteiger partial charge in [0.05, 0.1) is 10.7 Å². The Kier molecular flexibility index (Phi) is 7.59. The Balaban J connectivity index is 1.94. The summed E-state index contributed by atoms with van der Waals surface area (Å²) in [7, 11) is 2.08. The number of benzene rings is 1. The van der Waals surface area contributed by atoms with Crippen LogP contribution in [0, 0.1) is 6.92 Å². The number of hydrogen-bond acceptors (Lipinski definition) is 4. The molecule has 1 N–H and O–H groups in total. The van der Waals surface area contributed by atoms with E-state index in [0.717, 1.165) is 42.7 Å². The Bertz CT molecular complexity index is 649. The molecule has 0 atom stereocenters. The van der Waals surface area contributed by atoms with Crippen LogP contribution < -0.4 is 5.32 Å². The van der Waals surface area contributed by atoms with E-state index in [1.807, 2.05) is 6.92 Å². The lowest BCUT2D eigenvalue weighted by Crippen LogP contribution is -2.38. The molecule has 0 aliphatic rings. The molecule has 0 spiro atoms. The van der Waals surface area contributed by atoms with Gasteiger partial charge in [-0.3, -0.25) is 4.99 Å². The van der Waals surface area contributed by atoms with Crippen LogP contribution in [0.3, 0.4) is 0 Å². The molecule has 0 fully saturated rings. The summed E-state index contributed by atoms with van der Waals surface area (Å²) in [5.74, 6) is 0.943. The molecule has 2 aromatic rings. The van der Waals surface area contributed by atoms with Crippen molar-refractivity contribution in [3.8, 4) is 0 Å². The van der Waals surface area contributed by atoms with E-state index in [1.54, 1.807) is 23.1 Å². The van der Waals surface area contributed by atoms with Crippen LogP contribution in [0.2, 0.25) is 0 Å². The maximum absolute atomic E-state index is 4.74. The van der Waals surface area contributed by atoms with Gasteiger partial charge in [-0.05, 0) is 37.8 Å².